The average Bonchev–Trinajstić information content (AvgIpc) is 2.81. The molecular weight excluding hydrogens is 422 g/mol. The molecule has 196 valence electrons. The summed E-state index contributed by atoms with van der Waals surface area (Å²) in [5.41, 5.74) is 0. The second-order valence-electron chi connectivity index (χ2n) is 9.18. The van der Waals surface area contributed by atoms with Crippen LogP contribution in [-0.4, -0.2) is 43.0 Å². The number of carbonyl (C=O) groups excluding carboxylic acids is 2. The quantitative estimate of drug-likeness (QED) is 0.112. The molecule has 0 unspecified atom stereocenters. The van der Waals surface area contributed by atoms with Crippen molar-refractivity contribution >= 4 is 11.9 Å². The summed E-state index contributed by atoms with van der Waals surface area (Å²) in [6, 6.07) is 0. The second-order valence-corrected chi connectivity index (χ2v) is 9.18. The summed E-state index contributed by atoms with van der Waals surface area (Å²) in [5.74, 6) is -0.701. The Morgan fingerprint density at radius 1 is 0.667 bits per heavy atom. The fourth-order valence-electron chi connectivity index (χ4n) is 3.81. The maximum absolute atomic E-state index is 12.0. The summed E-state index contributed by atoms with van der Waals surface area (Å²) in [6.45, 7) is 1.49. The standard InChI is InChI=1S/C27H51FO5/c1-2-3-4-5-6-7-8-9-10-11-12-14-18-21-27(31)33-25(23-29)24-32-26(30)20-17-15-13-16-19-22-28/h25,29H,2-24H2,1H3/t25-/m0/s1/i28-1. The van der Waals surface area contributed by atoms with Crippen molar-refractivity contribution in [2.45, 2.75) is 141 Å². The van der Waals surface area contributed by atoms with Gasteiger partial charge in [0.05, 0.1) is 13.3 Å². The lowest BCUT2D eigenvalue weighted by atomic mass is 10.0. The highest BCUT2D eigenvalue weighted by atomic mass is 18.2. The first kappa shape index (κ1) is 31.8. The van der Waals surface area contributed by atoms with E-state index < -0.39 is 6.10 Å². The largest absolute Gasteiger partial charge is 0.462 e. The number of hydrogen-bond donors (Lipinski definition) is 1. The summed E-state index contributed by atoms with van der Waals surface area (Å²) in [7, 11) is 0. The van der Waals surface area contributed by atoms with Crippen LogP contribution in [0.15, 0.2) is 0 Å². The lowest BCUT2D eigenvalue weighted by Crippen LogP contribution is -2.28. The van der Waals surface area contributed by atoms with Crippen molar-refractivity contribution < 1.29 is 28.6 Å². The van der Waals surface area contributed by atoms with E-state index in [1.54, 1.807) is 0 Å². The average molecular weight is 474 g/mol. The topological polar surface area (TPSA) is 72.8 Å². The van der Waals surface area contributed by atoms with E-state index in [1.165, 1.54) is 64.2 Å². The van der Waals surface area contributed by atoms with E-state index in [9.17, 15) is 19.1 Å². The molecule has 5 nitrogen and oxygen atoms in total. The van der Waals surface area contributed by atoms with Crippen molar-refractivity contribution in [3.8, 4) is 0 Å². The maximum Gasteiger partial charge on any atom is 0.306 e. The molecule has 0 aliphatic rings. The van der Waals surface area contributed by atoms with Gasteiger partial charge in [0.1, 0.15) is 6.61 Å². The molecule has 6 heteroatoms. The number of rotatable bonds is 25. The fourth-order valence-corrected chi connectivity index (χ4v) is 3.81. The zero-order valence-electron chi connectivity index (χ0n) is 21.3. The molecule has 33 heavy (non-hydrogen) atoms. The molecule has 0 saturated heterocycles. The summed E-state index contributed by atoms with van der Waals surface area (Å²) in [5, 5.41) is 9.37. The number of aliphatic hydroxyl groups is 1. The first-order valence-corrected chi connectivity index (χ1v) is 13.7. The maximum atomic E-state index is 12.0. The zero-order chi connectivity index (χ0) is 24.4. The summed E-state index contributed by atoms with van der Waals surface area (Å²) >= 11 is 0. The lowest BCUT2D eigenvalue weighted by molar-refractivity contribution is -0.161. The number of aliphatic hydroxyl groups excluding tert-OH is 1. The van der Waals surface area contributed by atoms with Gasteiger partial charge in [-0.25, -0.2) is 0 Å². The van der Waals surface area contributed by atoms with Gasteiger partial charge < -0.3 is 14.6 Å². The minimum atomic E-state index is -0.798. The lowest BCUT2D eigenvalue weighted by Gasteiger charge is -2.15. The predicted molar refractivity (Wildman–Crippen MR) is 132 cm³/mol. The molecule has 0 aliphatic carbocycles. The van der Waals surface area contributed by atoms with Gasteiger partial charge in [0.15, 0.2) is 6.10 Å². The van der Waals surface area contributed by atoms with Crippen molar-refractivity contribution in [2.24, 2.45) is 0 Å². The number of carbonyl (C=O) groups is 2. The fraction of sp³-hybridized carbons (Fsp3) is 0.926. The normalized spacial score (nSPS) is 12.0. The Labute approximate surface area is 202 Å². The SMILES string of the molecule is CCCCCCCCCCCCCCCC(=O)O[C@@H](CO)COC(=O)CCCCCCC[18F]. The van der Waals surface area contributed by atoms with Crippen molar-refractivity contribution in [3.63, 3.8) is 0 Å². The molecule has 0 heterocycles. The van der Waals surface area contributed by atoms with Crippen LogP contribution in [0.5, 0.6) is 0 Å². The van der Waals surface area contributed by atoms with E-state index in [4.69, 9.17) is 9.47 Å². The van der Waals surface area contributed by atoms with Crippen LogP contribution in [0.4, 0.5) is 4.39 Å². The van der Waals surface area contributed by atoms with Crippen molar-refractivity contribution in [1.29, 1.82) is 0 Å². The third kappa shape index (κ3) is 23.8. The van der Waals surface area contributed by atoms with Crippen LogP contribution in [0.25, 0.3) is 0 Å². The number of unbranched alkanes of at least 4 members (excludes halogenated alkanes) is 16. The van der Waals surface area contributed by atoms with E-state index in [0.717, 1.165) is 38.5 Å². The van der Waals surface area contributed by atoms with Gasteiger partial charge in [0.2, 0.25) is 0 Å². The Morgan fingerprint density at radius 2 is 1.09 bits per heavy atom. The minimum absolute atomic E-state index is 0.110. The van der Waals surface area contributed by atoms with Crippen molar-refractivity contribution in [1.82, 2.24) is 0 Å². The number of halogens is 1. The molecule has 0 saturated carbocycles. The molecule has 0 radical (unpaired) electrons. The highest BCUT2D eigenvalue weighted by molar-refractivity contribution is 5.70. The Kier molecular flexibility index (Phi) is 24.6. The van der Waals surface area contributed by atoms with Gasteiger partial charge >= 0.3 is 11.9 Å². The third-order valence-electron chi connectivity index (χ3n) is 5.93. The molecule has 0 aromatic rings. The predicted octanol–water partition coefficient (Wildman–Crippen LogP) is 7.23. The van der Waals surface area contributed by atoms with E-state index >= 15 is 0 Å². The van der Waals surface area contributed by atoms with Crippen LogP contribution in [0.2, 0.25) is 0 Å². The molecule has 0 amide bonds. The molecule has 1 N–H and O–H groups in total. The highest BCUT2D eigenvalue weighted by Gasteiger charge is 2.16. The van der Waals surface area contributed by atoms with Crippen LogP contribution >= 0.6 is 0 Å². The Morgan fingerprint density at radius 3 is 1.55 bits per heavy atom. The second kappa shape index (κ2) is 25.5. The molecule has 1 atom stereocenters. The van der Waals surface area contributed by atoms with Crippen LogP contribution in [0.1, 0.15) is 135 Å². The molecule has 0 spiro atoms. The third-order valence-corrected chi connectivity index (χ3v) is 5.93. The van der Waals surface area contributed by atoms with Gasteiger partial charge in [-0.05, 0) is 19.3 Å². The van der Waals surface area contributed by atoms with E-state index in [2.05, 4.69) is 6.92 Å². The Hall–Kier alpha value is -1.17. The summed E-state index contributed by atoms with van der Waals surface area (Å²) in [6.07, 6.45) is 20.0. The first-order chi connectivity index (χ1) is 16.1. The summed E-state index contributed by atoms with van der Waals surface area (Å²) in [4.78, 5) is 23.7. The molecule has 0 aromatic carbocycles. The zero-order valence-corrected chi connectivity index (χ0v) is 21.3. The van der Waals surface area contributed by atoms with E-state index in [0.29, 0.717) is 25.7 Å². The van der Waals surface area contributed by atoms with Crippen LogP contribution < -0.4 is 0 Å². The number of hydrogen-bond acceptors (Lipinski definition) is 5. The van der Waals surface area contributed by atoms with Gasteiger partial charge in [-0.15, -0.1) is 0 Å². The molecule has 0 fully saturated rings. The Bertz CT molecular complexity index is 444. The molecule has 0 bridgehead atoms. The molecule has 0 aromatic heterocycles. The van der Waals surface area contributed by atoms with Gasteiger partial charge in [-0.3, -0.25) is 14.0 Å². The molecule has 0 aliphatic heterocycles. The Balaban J connectivity index is 3.56. The van der Waals surface area contributed by atoms with Gasteiger partial charge in [-0.1, -0.05) is 103 Å². The van der Waals surface area contributed by atoms with Gasteiger partial charge in [0, 0.05) is 12.8 Å². The smallest absolute Gasteiger partial charge is 0.306 e. The number of alkyl halides is 1. The number of esters is 2. The van der Waals surface area contributed by atoms with Gasteiger partial charge in [-0.2, -0.15) is 0 Å². The minimum Gasteiger partial charge on any atom is -0.462 e. The molecular formula is C27H51FO5. The van der Waals surface area contributed by atoms with Crippen molar-refractivity contribution in [2.75, 3.05) is 19.9 Å². The monoisotopic (exact) mass is 473 g/mol. The highest BCUT2D eigenvalue weighted by Crippen LogP contribution is 2.13. The van der Waals surface area contributed by atoms with E-state index in [-0.39, 0.29) is 31.8 Å². The summed E-state index contributed by atoms with van der Waals surface area (Å²) < 4.78 is 22.3. The van der Waals surface area contributed by atoms with Crippen LogP contribution in [0, 0.1) is 0 Å². The molecule has 0 rings (SSSR count). The van der Waals surface area contributed by atoms with Gasteiger partial charge in [0.25, 0.3) is 0 Å². The first-order valence-electron chi connectivity index (χ1n) is 13.7. The van der Waals surface area contributed by atoms with Crippen LogP contribution in [-0.2, 0) is 19.1 Å². The number of ether oxygens (including phenoxy) is 2. The van der Waals surface area contributed by atoms with E-state index in [1.807, 2.05) is 0 Å². The van der Waals surface area contributed by atoms with Crippen molar-refractivity contribution in [3.05, 3.63) is 0 Å². The van der Waals surface area contributed by atoms with Crippen LogP contribution in [0.3, 0.4) is 0 Å².